The van der Waals surface area contributed by atoms with Crippen molar-refractivity contribution < 1.29 is 9.59 Å². The highest BCUT2D eigenvalue weighted by molar-refractivity contribution is 6.25. The number of nitrogens with zero attached hydrogens (tertiary/aromatic N) is 2. The molecule has 0 aromatic heterocycles. The summed E-state index contributed by atoms with van der Waals surface area (Å²) >= 11 is 0. The number of hydrogen-bond acceptors (Lipinski definition) is 2. The molecule has 0 saturated carbocycles. The van der Waals surface area contributed by atoms with Gasteiger partial charge in [-0.3, -0.25) is 4.79 Å². The summed E-state index contributed by atoms with van der Waals surface area (Å²) in [7, 11) is 0. The van der Waals surface area contributed by atoms with E-state index in [1.807, 2.05) is 68.4 Å². The third-order valence-corrected chi connectivity index (χ3v) is 6.83. The van der Waals surface area contributed by atoms with Crippen LogP contribution in [-0.4, -0.2) is 22.4 Å². The lowest BCUT2D eigenvalue weighted by molar-refractivity contribution is -0.123. The maximum atomic E-state index is 13.7. The maximum Gasteiger partial charge on any atom is 0.332 e. The van der Waals surface area contributed by atoms with Gasteiger partial charge >= 0.3 is 6.03 Å². The van der Waals surface area contributed by atoms with Crippen molar-refractivity contribution in [1.82, 2.24) is 4.90 Å². The molecular formula is C29H28N2O2. The van der Waals surface area contributed by atoms with Crippen LogP contribution in [0.1, 0.15) is 31.4 Å². The Morgan fingerprint density at radius 2 is 1.61 bits per heavy atom. The molecule has 0 spiro atoms. The minimum atomic E-state index is -0.936. The number of allylic oxidation sites excluding steroid dienone is 4. The van der Waals surface area contributed by atoms with Crippen LogP contribution in [0.15, 0.2) is 91.0 Å². The van der Waals surface area contributed by atoms with Crippen LogP contribution in [0.25, 0.3) is 10.8 Å². The molecule has 1 aliphatic heterocycles. The van der Waals surface area contributed by atoms with Gasteiger partial charge in [-0.1, -0.05) is 85.0 Å². The minimum absolute atomic E-state index is 0.193. The third-order valence-electron chi connectivity index (χ3n) is 6.83. The van der Waals surface area contributed by atoms with E-state index < -0.39 is 5.54 Å². The topological polar surface area (TPSA) is 40.6 Å². The molecule has 5 rings (SSSR count). The molecule has 1 heterocycles. The molecule has 1 atom stereocenters. The van der Waals surface area contributed by atoms with Crippen molar-refractivity contribution in [2.45, 2.75) is 38.8 Å². The third kappa shape index (κ3) is 3.76. The largest absolute Gasteiger partial charge is 0.332 e. The Hall–Kier alpha value is -3.66. The Morgan fingerprint density at radius 3 is 2.39 bits per heavy atom. The average molecular weight is 437 g/mol. The quantitative estimate of drug-likeness (QED) is 0.443. The molecule has 1 saturated heterocycles. The number of fused-ring (bicyclic) bond motifs is 1. The van der Waals surface area contributed by atoms with Gasteiger partial charge in [0.2, 0.25) is 0 Å². The van der Waals surface area contributed by atoms with E-state index in [9.17, 15) is 9.59 Å². The fraction of sp³-hybridized carbons (Fsp3) is 0.241. The fourth-order valence-electron chi connectivity index (χ4n) is 4.86. The van der Waals surface area contributed by atoms with Gasteiger partial charge in [-0.05, 0) is 55.2 Å². The van der Waals surface area contributed by atoms with Crippen LogP contribution < -0.4 is 4.90 Å². The zero-order valence-electron chi connectivity index (χ0n) is 19.1. The van der Waals surface area contributed by atoms with Gasteiger partial charge in [-0.2, -0.15) is 0 Å². The lowest BCUT2D eigenvalue weighted by atomic mass is 9.90. The fourth-order valence-corrected chi connectivity index (χ4v) is 4.86. The van der Waals surface area contributed by atoms with Crippen LogP contribution in [0, 0.1) is 5.92 Å². The lowest BCUT2D eigenvalue weighted by Crippen LogP contribution is -2.43. The molecule has 4 heteroatoms. The Bertz CT molecular complexity index is 1280. The Morgan fingerprint density at radius 1 is 0.879 bits per heavy atom. The first-order chi connectivity index (χ1) is 16.0. The maximum absolute atomic E-state index is 13.7. The summed E-state index contributed by atoms with van der Waals surface area (Å²) in [5, 5.41) is 1.91. The van der Waals surface area contributed by atoms with Crippen molar-refractivity contribution in [2.75, 3.05) is 4.90 Å². The molecule has 1 unspecified atom stereocenters. The lowest BCUT2D eigenvalue weighted by Gasteiger charge is -2.29. The number of carbonyl (C=O) groups is 2. The Balaban J connectivity index is 1.48. The van der Waals surface area contributed by atoms with Gasteiger partial charge in [0.05, 0.1) is 5.69 Å². The number of imide groups is 1. The van der Waals surface area contributed by atoms with Crippen LogP contribution >= 0.6 is 0 Å². The van der Waals surface area contributed by atoms with Crippen LogP contribution in [-0.2, 0) is 17.8 Å². The van der Waals surface area contributed by atoms with Crippen LogP contribution in [0.3, 0.4) is 0 Å². The van der Waals surface area contributed by atoms with Crippen LogP contribution in [0.4, 0.5) is 10.5 Å². The van der Waals surface area contributed by atoms with E-state index in [1.165, 1.54) is 10.5 Å². The number of anilines is 1. The smallest absolute Gasteiger partial charge is 0.305 e. The molecule has 3 aromatic carbocycles. The van der Waals surface area contributed by atoms with Crippen molar-refractivity contribution in [2.24, 2.45) is 5.92 Å². The van der Waals surface area contributed by atoms with E-state index in [-0.39, 0.29) is 11.9 Å². The van der Waals surface area contributed by atoms with E-state index in [0.717, 1.165) is 29.2 Å². The monoisotopic (exact) mass is 436 g/mol. The predicted octanol–water partition coefficient (Wildman–Crippen LogP) is 6.26. The number of carbonyl (C=O) groups excluding carboxylic acids is 2. The number of amides is 3. The Kier molecular flexibility index (Phi) is 5.37. The number of hydrogen-bond donors (Lipinski definition) is 0. The standard InChI is InChI=1S/C29H28N2O2/c1-29(2)27(32)31(26-18-10-16-22-13-8-9-17-25(22)26)28(33)30(29)20-24-15-7-6-14-23(24)19-21-11-4-3-5-12-21/h3-11,13-18,21H,12,19-20H2,1-2H3. The molecule has 0 bridgehead atoms. The average Bonchev–Trinajstić information content (AvgIpc) is 3.00. The van der Waals surface area contributed by atoms with Crippen molar-refractivity contribution in [3.8, 4) is 0 Å². The predicted molar refractivity (Wildman–Crippen MR) is 133 cm³/mol. The summed E-state index contributed by atoms with van der Waals surface area (Å²) in [6.45, 7) is 4.09. The van der Waals surface area contributed by atoms with Crippen molar-refractivity contribution in [1.29, 1.82) is 0 Å². The summed E-state index contributed by atoms with van der Waals surface area (Å²) in [6, 6.07) is 21.6. The highest BCUT2D eigenvalue weighted by Gasteiger charge is 2.52. The first-order valence-electron chi connectivity index (χ1n) is 11.5. The van der Waals surface area contributed by atoms with Gasteiger partial charge in [-0.25, -0.2) is 9.69 Å². The molecule has 1 fully saturated rings. The zero-order chi connectivity index (χ0) is 23.0. The molecule has 166 valence electrons. The van der Waals surface area contributed by atoms with Crippen LogP contribution in [0.2, 0.25) is 0 Å². The highest BCUT2D eigenvalue weighted by Crippen LogP contribution is 2.37. The molecule has 4 nitrogen and oxygen atoms in total. The first kappa shape index (κ1) is 21.2. The van der Waals surface area contributed by atoms with Crippen molar-refractivity contribution in [3.05, 3.63) is 102 Å². The molecule has 3 aromatic rings. The molecule has 2 aliphatic rings. The number of benzene rings is 3. The highest BCUT2D eigenvalue weighted by atomic mass is 16.2. The van der Waals surface area contributed by atoms with Gasteiger partial charge in [0, 0.05) is 11.9 Å². The summed E-state index contributed by atoms with van der Waals surface area (Å²) in [5.74, 6) is 0.258. The van der Waals surface area contributed by atoms with Gasteiger partial charge < -0.3 is 4.90 Å². The van der Waals surface area contributed by atoms with Crippen molar-refractivity contribution >= 4 is 28.4 Å². The second-order valence-corrected chi connectivity index (χ2v) is 9.35. The molecule has 0 radical (unpaired) electrons. The molecule has 33 heavy (non-hydrogen) atoms. The van der Waals surface area contributed by atoms with Gasteiger partial charge in [0.25, 0.3) is 5.91 Å². The summed E-state index contributed by atoms with van der Waals surface area (Å²) in [5.41, 5.74) is 2.02. The second kappa shape index (κ2) is 8.36. The van der Waals surface area contributed by atoms with E-state index >= 15 is 0 Å². The van der Waals surface area contributed by atoms with Crippen molar-refractivity contribution in [3.63, 3.8) is 0 Å². The summed E-state index contributed by atoms with van der Waals surface area (Å²) < 4.78 is 0. The first-order valence-corrected chi connectivity index (χ1v) is 11.5. The normalized spacial score (nSPS) is 19.6. The van der Waals surface area contributed by atoms with Gasteiger partial charge in [0.15, 0.2) is 0 Å². The van der Waals surface area contributed by atoms with E-state index in [1.54, 1.807) is 4.90 Å². The molecule has 3 amide bonds. The van der Waals surface area contributed by atoms with Gasteiger partial charge in [-0.15, -0.1) is 0 Å². The molecular weight excluding hydrogens is 408 g/mol. The van der Waals surface area contributed by atoms with Crippen LogP contribution in [0.5, 0.6) is 0 Å². The minimum Gasteiger partial charge on any atom is -0.305 e. The van der Waals surface area contributed by atoms with E-state index in [2.05, 4.69) is 36.4 Å². The molecule has 0 N–H and O–H groups in total. The van der Waals surface area contributed by atoms with E-state index in [0.29, 0.717) is 18.2 Å². The number of urea groups is 1. The van der Waals surface area contributed by atoms with E-state index in [4.69, 9.17) is 0 Å². The SMILES string of the molecule is CC1(C)C(=O)N(c2cccc3ccccc23)C(=O)N1Cc1ccccc1CC1C=CC=CC1. The van der Waals surface area contributed by atoms with Gasteiger partial charge in [0.1, 0.15) is 5.54 Å². The molecule has 1 aliphatic carbocycles. The Labute approximate surface area is 194 Å². The summed E-state index contributed by atoms with van der Waals surface area (Å²) in [6.07, 6.45) is 10.6. The second-order valence-electron chi connectivity index (χ2n) is 9.35. The zero-order valence-corrected chi connectivity index (χ0v) is 19.1. The summed E-state index contributed by atoms with van der Waals surface area (Å²) in [4.78, 5) is 30.3. The number of rotatable bonds is 5.